The van der Waals surface area contributed by atoms with Gasteiger partial charge in [-0.15, -0.1) is 0 Å². The average Bonchev–Trinajstić information content (AvgIpc) is 2.21. The summed E-state index contributed by atoms with van der Waals surface area (Å²) in [5.74, 6) is 0. The standard InChI is InChI=1S/C14H24N2/c1-11-6-8-13(9-7-11)16-12(2)10-14(3,4)15-5/h6-9,12,15-16H,10H2,1-5H3. The van der Waals surface area contributed by atoms with Crippen molar-refractivity contribution in [1.29, 1.82) is 0 Å². The Morgan fingerprint density at radius 1 is 1.19 bits per heavy atom. The first kappa shape index (κ1) is 13.0. The van der Waals surface area contributed by atoms with Gasteiger partial charge in [0.1, 0.15) is 0 Å². The zero-order valence-electron chi connectivity index (χ0n) is 11.1. The third kappa shape index (κ3) is 4.23. The van der Waals surface area contributed by atoms with E-state index in [1.165, 1.54) is 11.3 Å². The van der Waals surface area contributed by atoms with Gasteiger partial charge in [-0.3, -0.25) is 0 Å². The fraction of sp³-hybridized carbons (Fsp3) is 0.571. The molecule has 16 heavy (non-hydrogen) atoms. The first-order valence-electron chi connectivity index (χ1n) is 5.95. The molecule has 0 heterocycles. The quantitative estimate of drug-likeness (QED) is 0.796. The highest BCUT2D eigenvalue weighted by atomic mass is 15.0. The molecule has 1 unspecified atom stereocenters. The lowest BCUT2D eigenvalue weighted by molar-refractivity contribution is 0.375. The van der Waals surface area contributed by atoms with Crippen LogP contribution in [0.4, 0.5) is 5.69 Å². The van der Waals surface area contributed by atoms with Crippen LogP contribution in [-0.2, 0) is 0 Å². The predicted molar refractivity (Wildman–Crippen MR) is 72.0 cm³/mol. The van der Waals surface area contributed by atoms with E-state index in [0.717, 1.165) is 6.42 Å². The summed E-state index contributed by atoms with van der Waals surface area (Å²) in [5, 5.41) is 6.85. The molecule has 0 aliphatic rings. The van der Waals surface area contributed by atoms with Gasteiger partial charge in [0.2, 0.25) is 0 Å². The van der Waals surface area contributed by atoms with Gasteiger partial charge in [-0.2, -0.15) is 0 Å². The molecule has 0 amide bonds. The Bertz CT molecular complexity index is 314. The third-order valence-corrected chi connectivity index (χ3v) is 2.96. The first-order valence-corrected chi connectivity index (χ1v) is 5.95. The van der Waals surface area contributed by atoms with E-state index in [-0.39, 0.29) is 5.54 Å². The molecular formula is C14H24N2. The fourth-order valence-electron chi connectivity index (χ4n) is 1.85. The zero-order valence-corrected chi connectivity index (χ0v) is 11.1. The maximum atomic E-state index is 3.52. The number of rotatable bonds is 5. The monoisotopic (exact) mass is 220 g/mol. The van der Waals surface area contributed by atoms with Crippen LogP contribution >= 0.6 is 0 Å². The van der Waals surface area contributed by atoms with Crippen molar-refractivity contribution in [2.75, 3.05) is 12.4 Å². The summed E-state index contributed by atoms with van der Waals surface area (Å²) in [6.45, 7) is 8.77. The van der Waals surface area contributed by atoms with Crippen LogP contribution in [-0.4, -0.2) is 18.6 Å². The van der Waals surface area contributed by atoms with Crippen LogP contribution in [0.25, 0.3) is 0 Å². The van der Waals surface area contributed by atoms with E-state index in [1.807, 2.05) is 7.05 Å². The highest BCUT2D eigenvalue weighted by Crippen LogP contribution is 2.16. The van der Waals surface area contributed by atoms with Crippen molar-refractivity contribution in [1.82, 2.24) is 5.32 Å². The molecule has 2 N–H and O–H groups in total. The summed E-state index contributed by atoms with van der Waals surface area (Å²) in [6, 6.07) is 9.01. The predicted octanol–water partition coefficient (Wildman–Crippen LogP) is 3.18. The smallest absolute Gasteiger partial charge is 0.0342 e. The topological polar surface area (TPSA) is 24.1 Å². The second-order valence-corrected chi connectivity index (χ2v) is 5.25. The Morgan fingerprint density at radius 2 is 1.75 bits per heavy atom. The molecule has 0 aliphatic carbocycles. The number of hydrogen-bond donors (Lipinski definition) is 2. The van der Waals surface area contributed by atoms with Gasteiger partial charge in [-0.25, -0.2) is 0 Å². The number of nitrogens with one attached hydrogen (secondary N) is 2. The molecule has 2 nitrogen and oxygen atoms in total. The van der Waals surface area contributed by atoms with E-state index in [2.05, 4.69) is 62.6 Å². The van der Waals surface area contributed by atoms with Crippen LogP contribution in [0.3, 0.4) is 0 Å². The van der Waals surface area contributed by atoms with E-state index in [0.29, 0.717) is 6.04 Å². The van der Waals surface area contributed by atoms with E-state index in [1.54, 1.807) is 0 Å². The van der Waals surface area contributed by atoms with E-state index >= 15 is 0 Å². The third-order valence-electron chi connectivity index (χ3n) is 2.96. The Balaban J connectivity index is 2.51. The molecular weight excluding hydrogens is 196 g/mol. The largest absolute Gasteiger partial charge is 0.383 e. The summed E-state index contributed by atoms with van der Waals surface area (Å²) in [4.78, 5) is 0. The number of anilines is 1. The Kier molecular flexibility index (Phi) is 4.36. The van der Waals surface area contributed by atoms with Crippen molar-refractivity contribution in [2.24, 2.45) is 0 Å². The highest BCUT2D eigenvalue weighted by Gasteiger charge is 2.18. The Hall–Kier alpha value is -1.02. The van der Waals surface area contributed by atoms with E-state index in [4.69, 9.17) is 0 Å². The van der Waals surface area contributed by atoms with Crippen molar-refractivity contribution in [3.05, 3.63) is 29.8 Å². The van der Waals surface area contributed by atoms with Crippen molar-refractivity contribution >= 4 is 5.69 Å². The van der Waals surface area contributed by atoms with Gasteiger partial charge in [0.25, 0.3) is 0 Å². The minimum Gasteiger partial charge on any atom is -0.383 e. The second-order valence-electron chi connectivity index (χ2n) is 5.25. The molecule has 0 bridgehead atoms. The van der Waals surface area contributed by atoms with Crippen LogP contribution in [0.15, 0.2) is 24.3 Å². The number of aryl methyl sites for hydroxylation is 1. The molecule has 0 aliphatic heterocycles. The van der Waals surface area contributed by atoms with Gasteiger partial charge in [0.05, 0.1) is 0 Å². The molecule has 0 saturated carbocycles. The van der Waals surface area contributed by atoms with Crippen molar-refractivity contribution < 1.29 is 0 Å². The molecule has 90 valence electrons. The molecule has 0 saturated heterocycles. The van der Waals surface area contributed by atoms with Crippen LogP contribution < -0.4 is 10.6 Å². The van der Waals surface area contributed by atoms with Crippen LogP contribution in [0.1, 0.15) is 32.8 Å². The lowest BCUT2D eigenvalue weighted by atomic mass is 9.96. The Labute approximate surface area is 99.5 Å². The van der Waals surface area contributed by atoms with E-state index in [9.17, 15) is 0 Å². The van der Waals surface area contributed by atoms with Crippen molar-refractivity contribution in [3.63, 3.8) is 0 Å². The SMILES string of the molecule is CNC(C)(C)CC(C)Nc1ccc(C)cc1. The summed E-state index contributed by atoms with van der Waals surface area (Å²) in [7, 11) is 2.01. The zero-order chi connectivity index (χ0) is 12.2. The lowest BCUT2D eigenvalue weighted by Gasteiger charge is -2.28. The van der Waals surface area contributed by atoms with Gasteiger partial charge in [0.15, 0.2) is 0 Å². The number of hydrogen-bond acceptors (Lipinski definition) is 2. The van der Waals surface area contributed by atoms with Crippen LogP contribution in [0.5, 0.6) is 0 Å². The summed E-state index contributed by atoms with van der Waals surface area (Å²) >= 11 is 0. The molecule has 1 rings (SSSR count). The molecule has 1 atom stereocenters. The maximum absolute atomic E-state index is 3.52. The van der Waals surface area contributed by atoms with Crippen molar-refractivity contribution in [3.8, 4) is 0 Å². The average molecular weight is 220 g/mol. The van der Waals surface area contributed by atoms with Gasteiger partial charge < -0.3 is 10.6 Å². The highest BCUT2D eigenvalue weighted by molar-refractivity contribution is 5.45. The van der Waals surface area contributed by atoms with Gasteiger partial charge in [-0.1, -0.05) is 17.7 Å². The lowest BCUT2D eigenvalue weighted by Crippen LogP contribution is -2.40. The molecule has 0 aromatic heterocycles. The molecule has 0 radical (unpaired) electrons. The van der Waals surface area contributed by atoms with Crippen LogP contribution in [0, 0.1) is 6.92 Å². The Morgan fingerprint density at radius 3 is 2.25 bits per heavy atom. The summed E-state index contributed by atoms with van der Waals surface area (Å²) < 4.78 is 0. The maximum Gasteiger partial charge on any atom is 0.0342 e. The van der Waals surface area contributed by atoms with E-state index < -0.39 is 0 Å². The molecule has 1 aromatic rings. The molecule has 1 aromatic carbocycles. The van der Waals surface area contributed by atoms with Crippen molar-refractivity contribution in [2.45, 2.75) is 45.7 Å². The minimum atomic E-state index is 0.178. The minimum absolute atomic E-state index is 0.178. The first-order chi connectivity index (χ1) is 7.43. The van der Waals surface area contributed by atoms with Gasteiger partial charge in [0, 0.05) is 17.3 Å². The number of benzene rings is 1. The molecule has 0 spiro atoms. The summed E-state index contributed by atoms with van der Waals surface area (Å²) in [5.41, 5.74) is 2.68. The molecule has 0 fully saturated rings. The molecule has 2 heteroatoms. The van der Waals surface area contributed by atoms with Crippen LogP contribution in [0.2, 0.25) is 0 Å². The fourth-order valence-corrected chi connectivity index (χ4v) is 1.85. The van der Waals surface area contributed by atoms with Gasteiger partial charge in [-0.05, 0) is 53.3 Å². The summed E-state index contributed by atoms with van der Waals surface area (Å²) in [6.07, 6.45) is 1.09. The normalized spacial score (nSPS) is 13.6. The van der Waals surface area contributed by atoms with Gasteiger partial charge >= 0.3 is 0 Å². The second kappa shape index (κ2) is 5.35.